The lowest BCUT2D eigenvalue weighted by molar-refractivity contribution is 0.284. The molecule has 1 rings (SSSR count). The number of aliphatic hydroxyl groups excluding tert-OH is 1. The molecule has 12 heavy (non-hydrogen) atoms. The molecule has 1 aromatic rings. The molecule has 1 N–H and O–H groups in total. The standard InChI is InChI=1S/C9H12ClNO/c10-9-8(4-1-2-7-12)5-3-6-11-9/h3,5-6,12H,1-2,4,7H2. The number of rotatable bonds is 4. The molecule has 66 valence electrons. The van der Waals surface area contributed by atoms with Gasteiger partial charge in [-0.15, -0.1) is 0 Å². The van der Waals surface area contributed by atoms with Gasteiger partial charge in [-0.05, 0) is 30.9 Å². The first kappa shape index (κ1) is 9.49. The van der Waals surface area contributed by atoms with E-state index in [2.05, 4.69) is 4.98 Å². The second-order valence-electron chi connectivity index (χ2n) is 2.63. The number of aromatic nitrogens is 1. The topological polar surface area (TPSA) is 33.1 Å². The average molecular weight is 186 g/mol. The lowest BCUT2D eigenvalue weighted by Gasteiger charge is -2.00. The molecule has 2 nitrogen and oxygen atoms in total. The van der Waals surface area contributed by atoms with Gasteiger partial charge in [0.2, 0.25) is 0 Å². The minimum absolute atomic E-state index is 0.248. The Kier molecular flexibility index (Phi) is 4.05. The van der Waals surface area contributed by atoms with Crippen molar-refractivity contribution in [3.05, 3.63) is 29.0 Å². The van der Waals surface area contributed by atoms with Gasteiger partial charge in [0.05, 0.1) is 0 Å². The Hall–Kier alpha value is -0.600. The zero-order chi connectivity index (χ0) is 8.81. The van der Waals surface area contributed by atoms with Crippen LogP contribution in [0.5, 0.6) is 0 Å². The Labute approximate surface area is 77.2 Å². The number of pyridine rings is 1. The maximum absolute atomic E-state index is 8.56. The Morgan fingerprint density at radius 1 is 1.42 bits per heavy atom. The molecule has 0 radical (unpaired) electrons. The smallest absolute Gasteiger partial charge is 0.132 e. The van der Waals surface area contributed by atoms with Crippen LogP contribution in [0, 0.1) is 0 Å². The van der Waals surface area contributed by atoms with Gasteiger partial charge in [-0.3, -0.25) is 0 Å². The first-order valence-electron chi connectivity index (χ1n) is 4.05. The monoisotopic (exact) mass is 185 g/mol. The molecule has 0 saturated carbocycles. The van der Waals surface area contributed by atoms with Crippen LogP contribution in [0.25, 0.3) is 0 Å². The molecular formula is C9H12ClNO. The number of aliphatic hydroxyl groups is 1. The predicted octanol–water partition coefficient (Wildman–Crippen LogP) is 2.05. The van der Waals surface area contributed by atoms with E-state index in [1.165, 1.54) is 0 Å². The van der Waals surface area contributed by atoms with Crippen LogP contribution in [0.3, 0.4) is 0 Å². The number of nitrogens with zero attached hydrogens (tertiary/aromatic N) is 1. The van der Waals surface area contributed by atoms with Gasteiger partial charge < -0.3 is 5.11 Å². The fourth-order valence-corrected chi connectivity index (χ4v) is 1.25. The fraction of sp³-hybridized carbons (Fsp3) is 0.444. The van der Waals surface area contributed by atoms with Crippen LogP contribution in [-0.4, -0.2) is 16.7 Å². The summed E-state index contributed by atoms with van der Waals surface area (Å²) in [5, 5.41) is 9.14. The molecule has 1 heterocycles. The molecule has 0 saturated heterocycles. The Balaban J connectivity index is 2.46. The van der Waals surface area contributed by atoms with Crippen molar-refractivity contribution in [2.75, 3.05) is 6.61 Å². The van der Waals surface area contributed by atoms with E-state index >= 15 is 0 Å². The van der Waals surface area contributed by atoms with Gasteiger partial charge in [0.1, 0.15) is 5.15 Å². The summed E-state index contributed by atoms with van der Waals surface area (Å²) in [6.45, 7) is 0.248. The second kappa shape index (κ2) is 5.12. The largest absolute Gasteiger partial charge is 0.396 e. The van der Waals surface area contributed by atoms with E-state index in [-0.39, 0.29) is 6.61 Å². The van der Waals surface area contributed by atoms with Gasteiger partial charge in [-0.25, -0.2) is 4.98 Å². The first-order chi connectivity index (χ1) is 5.84. The number of unbranched alkanes of at least 4 members (excludes halogenated alkanes) is 1. The summed E-state index contributed by atoms with van der Waals surface area (Å²) in [6, 6.07) is 3.84. The van der Waals surface area contributed by atoms with Crippen LogP contribution in [0.1, 0.15) is 18.4 Å². The van der Waals surface area contributed by atoms with E-state index in [1.807, 2.05) is 12.1 Å². The summed E-state index contributed by atoms with van der Waals surface area (Å²) in [5.41, 5.74) is 1.06. The molecule has 0 atom stereocenters. The highest BCUT2D eigenvalue weighted by Gasteiger charge is 1.98. The third-order valence-corrected chi connectivity index (χ3v) is 2.03. The number of hydrogen-bond donors (Lipinski definition) is 1. The second-order valence-corrected chi connectivity index (χ2v) is 2.99. The van der Waals surface area contributed by atoms with Crippen molar-refractivity contribution in [3.63, 3.8) is 0 Å². The van der Waals surface area contributed by atoms with E-state index in [4.69, 9.17) is 16.7 Å². The molecule has 0 unspecified atom stereocenters. The Bertz CT molecular complexity index is 240. The fourth-order valence-electron chi connectivity index (χ4n) is 1.03. The Morgan fingerprint density at radius 3 is 2.92 bits per heavy atom. The van der Waals surface area contributed by atoms with Gasteiger partial charge in [0, 0.05) is 12.8 Å². The summed E-state index contributed by atoms with van der Waals surface area (Å²) < 4.78 is 0. The predicted molar refractivity (Wildman–Crippen MR) is 49.3 cm³/mol. The molecule has 0 aromatic carbocycles. The minimum Gasteiger partial charge on any atom is -0.396 e. The maximum atomic E-state index is 8.56. The number of halogens is 1. The lowest BCUT2D eigenvalue weighted by atomic mass is 10.1. The average Bonchev–Trinajstić information content (AvgIpc) is 2.09. The van der Waals surface area contributed by atoms with Gasteiger partial charge in [0.15, 0.2) is 0 Å². The van der Waals surface area contributed by atoms with Crippen molar-refractivity contribution in [2.24, 2.45) is 0 Å². The van der Waals surface area contributed by atoms with E-state index in [0.717, 1.165) is 24.8 Å². The van der Waals surface area contributed by atoms with Gasteiger partial charge in [0.25, 0.3) is 0 Å². The van der Waals surface area contributed by atoms with Crippen molar-refractivity contribution in [2.45, 2.75) is 19.3 Å². The van der Waals surface area contributed by atoms with Crippen molar-refractivity contribution in [3.8, 4) is 0 Å². The SMILES string of the molecule is OCCCCc1cccnc1Cl. The molecule has 0 aliphatic carbocycles. The molecule has 1 aromatic heterocycles. The quantitative estimate of drug-likeness (QED) is 0.576. The zero-order valence-electron chi connectivity index (χ0n) is 6.83. The van der Waals surface area contributed by atoms with Crippen molar-refractivity contribution >= 4 is 11.6 Å². The van der Waals surface area contributed by atoms with E-state index < -0.39 is 0 Å². The molecule has 0 spiro atoms. The van der Waals surface area contributed by atoms with Crippen molar-refractivity contribution in [1.82, 2.24) is 4.98 Å². The highest BCUT2D eigenvalue weighted by atomic mass is 35.5. The van der Waals surface area contributed by atoms with Gasteiger partial charge in [-0.2, -0.15) is 0 Å². The van der Waals surface area contributed by atoms with Crippen molar-refractivity contribution in [1.29, 1.82) is 0 Å². The van der Waals surface area contributed by atoms with Crippen LogP contribution < -0.4 is 0 Å². The maximum Gasteiger partial charge on any atom is 0.132 e. The molecule has 0 fully saturated rings. The van der Waals surface area contributed by atoms with E-state index in [1.54, 1.807) is 6.20 Å². The summed E-state index contributed by atoms with van der Waals surface area (Å²) >= 11 is 5.83. The number of aryl methyl sites for hydroxylation is 1. The number of hydrogen-bond acceptors (Lipinski definition) is 2. The molecule has 3 heteroatoms. The lowest BCUT2D eigenvalue weighted by Crippen LogP contribution is -1.90. The van der Waals surface area contributed by atoms with Gasteiger partial charge in [-0.1, -0.05) is 17.7 Å². The normalized spacial score (nSPS) is 10.2. The summed E-state index contributed by atoms with van der Waals surface area (Å²) in [6.07, 6.45) is 4.36. The minimum atomic E-state index is 0.248. The summed E-state index contributed by atoms with van der Waals surface area (Å²) in [7, 11) is 0. The molecule has 0 amide bonds. The van der Waals surface area contributed by atoms with Gasteiger partial charge >= 0.3 is 0 Å². The van der Waals surface area contributed by atoms with E-state index in [0.29, 0.717) is 5.15 Å². The third kappa shape index (κ3) is 2.80. The zero-order valence-corrected chi connectivity index (χ0v) is 7.59. The molecular weight excluding hydrogens is 174 g/mol. The molecule has 0 aliphatic heterocycles. The van der Waals surface area contributed by atoms with Crippen LogP contribution in [-0.2, 0) is 6.42 Å². The first-order valence-corrected chi connectivity index (χ1v) is 4.42. The summed E-state index contributed by atoms with van der Waals surface area (Å²) in [5.74, 6) is 0. The van der Waals surface area contributed by atoms with Crippen molar-refractivity contribution < 1.29 is 5.11 Å². The highest BCUT2D eigenvalue weighted by Crippen LogP contribution is 2.13. The van der Waals surface area contributed by atoms with Crippen LogP contribution >= 0.6 is 11.6 Å². The van der Waals surface area contributed by atoms with E-state index in [9.17, 15) is 0 Å². The molecule has 0 bridgehead atoms. The molecule has 0 aliphatic rings. The van der Waals surface area contributed by atoms with Crippen LogP contribution in [0.2, 0.25) is 5.15 Å². The summed E-state index contributed by atoms with van der Waals surface area (Å²) in [4.78, 5) is 3.96. The highest BCUT2D eigenvalue weighted by molar-refractivity contribution is 6.30. The third-order valence-electron chi connectivity index (χ3n) is 1.69. The van der Waals surface area contributed by atoms with Crippen LogP contribution in [0.15, 0.2) is 18.3 Å². The van der Waals surface area contributed by atoms with Crippen LogP contribution in [0.4, 0.5) is 0 Å². The Morgan fingerprint density at radius 2 is 2.25 bits per heavy atom.